The van der Waals surface area contributed by atoms with Gasteiger partial charge in [-0.2, -0.15) is 0 Å². The van der Waals surface area contributed by atoms with Crippen LogP contribution in [0.3, 0.4) is 0 Å². The van der Waals surface area contributed by atoms with E-state index in [1.54, 1.807) is 12.1 Å². The van der Waals surface area contributed by atoms with Crippen molar-refractivity contribution in [1.82, 2.24) is 5.32 Å². The van der Waals surface area contributed by atoms with Gasteiger partial charge in [0.05, 0.1) is 15.7 Å². The molecule has 0 saturated carbocycles. The molecule has 114 valence electrons. The predicted molar refractivity (Wildman–Crippen MR) is 83.2 cm³/mol. The van der Waals surface area contributed by atoms with Crippen molar-refractivity contribution in [2.45, 2.75) is 42.0 Å². The van der Waals surface area contributed by atoms with E-state index in [2.05, 4.69) is 12.2 Å². The predicted octanol–water partition coefficient (Wildman–Crippen LogP) is 1.98. The van der Waals surface area contributed by atoms with Crippen LogP contribution in [0.4, 0.5) is 0 Å². The van der Waals surface area contributed by atoms with E-state index in [-0.39, 0.29) is 4.90 Å². The third-order valence-corrected chi connectivity index (χ3v) is 5.88. The van der Waals surface area contributed by atoms with Crippen molar-refractivity contribution in [3.05, 3.63) is 24.3 Å². The second kappa shape index (κ2) is 7.90. The van der Waals surface area contributed by atoms with Gasteiger partial charge in [0.25, 0.3) is 0 Å². The summed E-state index contributed by atoms with van der Waals surface area (Å²) in [5.41, 5.74) is 0. The van der Waals surface area contributed by atoms with Crippen molar-refractivity contribution in [1.29, 1.82) is 0 Å². The topological polar surface area (TPSA) is 63.2 Å². The lowest BCUT2D eigenvalue weighted by Gasteiger charge is -2.12. The summed E-state index contributed by atoms with van der Waals surface area (Å²) in [6.45, 7) is 2.13. The van der Waals surface area contributed by atoms with Crippen LogP contribution in [0.2, 0.25) is 0 Å². The molecule has 0 bridgehead atoms. The summed E-state index contributed by atoms with van der Waals surface area (Å²) in [7, 11) is -2.31. The summed E-state index contributed by atoms with van der Waals surface area (Å²) < 4.78 is 34.8. The Hall–Kier alpha value is -0.720. The first-order valence-corrected chi connectivity index (χ1v) is 9.95. The van der Waals surface area contributed by atoms with Gasteiger partial charge in [0.2, 0.25) is 0 Å². The number of hydrogen-bond donors (Lipinski definition) is 1. The van der Waals surface area contributed by atoms with Gasteiger partial charge in [0, 0.05) is 22.9 Å². The Morgan fingerprint density at radius 3 is 2.30 bits per heavy atom. The highest BCUT2D eigenvalue weighted by Crippen LogP contribution is 2.14. The van der Waals surface area contributed by atoms with E-state index < -0.39 is 20.6 Å². The maximum absolute atomic E-state index is 12.1. The smallest absolute Gasteiger partial charge is 0.175 e. The van der Waals surface area contributed by atoms with Crippen molar-refractivity contribution in [3.63, 3.8) is 0 Å². The van der Waals surface area contributed by atoms with Gasteiger partial charge in [-0.05, 0) is 50.6 Å². The van der Waals surface area contributed by atoms with Crippen molar-refractivity contribution in [2.75, 3.05) is 19.1 Å². The van der Waals surface area contributed by atoms with Crippen LogP contribution in [0.15, 0.2) is 34.1 Å². The Kier molecular flexibility index (Phi) is 6.85. The van der Waals surface area contributed by atoms with Gasteiger partial charge in [-0.15, -0.1) is 0 Å². The van der Waals surface area contributed by atoms with Gasteiger partial charge in [0.1, 0.15) is 0 Å². The van der Waals surface area contributed by atoms with Crippen molar-refractivity contribution in [2.24, 2.45) is 0 Å². The molecule has 0 aromatic heterocycles. The van der Waals surface area contributed by atoms with Gasteiger partial charge in [-0.3, -0.25) is 4.21 Å². The molecule has 0 heterocycles. The number of sulfone groups is 1. The lowest BCUT2D eigenvalue weighted by atomic mass is 10.1. The summed E-state index contributed by atoms with van der Waals surface area (Å²) in [5.74, 6) is 0.608. The molecule has 0 aliphatic rings. The molecule has 2 unspecified atom stereocenters. The van der Waals surface area contributed by atoms with E-state index in [1.807, 2.05) is 7.05 Å². The van der Waals surface area contributed by atoms with Gasteiger partial charge in [-0.1, -0.05) is 6.92 Å². The van der Waals surface area contributed by atoms with Crippen LogP contribution in [0, 0.1) is 0 Å². The van der Waals surface area contributed by atoms with Crippen LogP contribution in [-0.4, -0.2) is 37.7 Å². The molecule has 2 atom stereocenters. The number of hydrogen-bond acceptors (Lipinski definition) is 4. The molecule has 0 amide bonds. The van der Waals surface area contributed by atoms with Gasteiger partial charge >= 0.3 is 0 Å². The van der Waals surface area contributed by atoms with Crippen molar-refractivity contribution in [3.8, 4) is 0 Å². The van der Waals surface area contributed by atoms with Crippen LogP contribution in [-0.2, 0) is 20.6 Å². The number of nitrogens with one attached hydrogen (secondary N) is 1. The average molecular weight is 317 g/mol. The van der Waals surface area contributed by atoms with Gasteiger partial charge < -0.3 is 5.32 Å². The minimum Gasteiger partial charge on any atom is -0.317 e. The largest absolute Gasteiger partial charge is 0.317 e. The molecular weight excluding hydrogens is 294 g/mol. The second-order valence-electron chi connectivity index (χ2n) is 4.83. The van der Waals surface area contributed by atoms with Gasteiger partial charge in [-0.25, -0.2) is 8.42 Å². The van der Waals surface area contributed by atoms with E-state index in [0.717, 1.165) is 19.3 Å². The molecule has 4 nitrogen and oxygen atoms in total. The third-order valence-electron chi connectivity index (χ3n) is 3.30. The van der Waals surface area contributed by atoms with E-state index in [4.69, 9.17) is 0 Å². The maximum Gasteiger partial charge on any atom is 0.175 e. The first-order valence-electron chi connectivity index (χ1n) is 6.74. The van der Waals surface area contributed by atoms with E-state index in [9.17, 15) is 12.6 Å². The second-order valence-corrected chi connectivity index (χ2v) is 8.42. The van der Waals surface area contributed by atoms with Crippen LogP contribution in [0.25, 0.3) is 0 Å². The fourth-order valence-electron chi connectivity index (χ4n) is 1.97. The quantitative estimate of drug-likeness (QED) is 0.796. The Balaban J connectivity index is 2.56. The molecule has 0 aliphatic heterocycles. The minimum absolute atomic E-state index is 0.263. The summed E-state index contributed by atoms with van der Waals surface area (Å²) in [6, 6.07) is 6.79. The summed E-state index contributed by atoms with van der Waals surface area (Å²) >= 11 is 0. The lowest BCUT2D eigenvalue weighted by molar-refractivity contribution is 0.503. The molecule has 0 radical (unpaired) electrons. The molecule has 1 rings (SSSR count). The average Bonchev–Trinajstić information content (AvgIpc) is 2.42. The maximum atomic E-state index is 12.1. The Morgan fingerprint density at radius 1 is 1.25 bits per heavy atom. The summed E-state index contributed by atoms with van der Waals surface area (Å²) in [4.78, 5) is 0.953. The van der Waals surface area contributed by atoms with Crippen LogP contribution in [0.5, 0.6) is 0 Å². The standard InChI is InChI=1S/C14H23NO3S2/c1-4-12(15-2)6-5-11-19(16)13-7-9-14(10-8-13)20(3,17)18/h7-10,12,15H,4-6,11H2,1-3H3. The molecule has 1 aromatic rings. The van der Waals surface area contributed by atoms with E-state index in [1.165, 1.54) is 18.4 Å². The first kappa shape index (κ1) is 17.3. The van der Waals surface area contributed by atoms with Crippen molar-refractivity contribution >= 4 is 20.6 Å². The normalized spacial score (nSPS) is 14.9. The van der Waals surface area contributed by atoms with Gasteiger partial charge in [0.15, 0.2) is 9.84 Å². The lowest BCUT2D eigenvalue weighted by Crippen LogP contribution is -2.24. The molecule has 0 spiro atoms. The molecular formula is C14H23NO3S2. The summed E-state index contributed by atoms with van der Waals surface area (Å²) in [6.07, 6.45) is 4.12. The highest BCUT2D eigenvalue weighted by Gasteiger charge is 2.10. The number of rotatable bonds is 8. The fraction of sp³-hybridized carbons (Fsp3) is 0.571. The van der Waals surface area contributed by atoms with Crippen LogP contribution in [0.1, 0.15) is 26.2 Å². The molecule has 0 aliphatic carbocycles. The fourth-order valence-corrected chi connectivity index (χ4v) is 3.70. The zero-order chi connectivity index (χ0) is 15.2. The van der Waals surface area contributed by atoms with Crippen LogP contribution >= 0.6 is 0 Å². The van der Waals surface area contributed by atoms with Crippen LogP contribution < -0.4 is 5.32 Å². The highest BCUT2D eigenvalue weighted by atomic mass is 32.2. The Bertz CT molecular complexity index is 534. The SMILES string of the molecule is CCC(CCCS(=O)c1ccc(S(C)(=O)=O)cc1)NC. The molecule has 6 heteroatoms. The highest BCUT2D eigenvalue weighted by molar-refractivity contribution is 7.90. The molecule has 0 saturated heterocycles. The number of benzene rings is 1. The van der Waals surface area contributed by atoms with E-state index in [0.29, 0.717) is 16.7 Å². The minimum atomic E-state index is -3.19. The zero-order valence-electron chi connectivity index (χ0n) is 12.3. The molecule has 20 heavy (non-hydrogen) atoms. The first-order chi connectivity index (χ1) is 9.38. The summed E-state index contributed by atoms with van der Waals surface area (Å²) in [5, 5.41) is 3.22. The molecule has 0 fully saturated rings. The molecule has 1 aromatic carbocycles. The molecule has 1 N–H and O–H groups in total. The third kappa shape index (κ3) is 5.34. The van der Waals surface area contributed by atoms with E-state index >= 15 is 0 Å². The zero-order valence-corrected chi connectivity index (χ0v) is 13.9. The monoisotopic (exact) mass is 317 g/mol. The Morgan fingerprint density at radius 2 is 1.85 bits per heavy atom. The Labute approximate surface area is 124 Å². The van der Waals surface area contributed by atoms with Crippen molar-refractivity contribution < 1.29 is 12.6 Å².